The van der Waals surface area contributed by atoms with Crippen molar-refractivity contribution in [1.29, 1.82) is 0 Å². The molecule has 0 saturated heterocycles. The summed E-state index contributed by atoms with van der Waals surface area (Å²) in [5.74, 6) is 0. The van der Waals surface area contributed by atoms with Crippen LogP contribution >= 0.6 is 11.8 Å². The van der Waals surface area contributed by atoms with Gasteiger partial charge in [0.15, 0.2) is 0 Å². The summed E-state index contributed by atoms with van der Waals surface area (Å²) in [5, 5.41) is 1.32. The summed E-state index contributed by atoms with van der Waals surface area (Å²) in [6.45, 7) is 4.25. The van der Waals surface area contributed by atoms with Crippen molar-refractivity contribution in [2.75, 3.05) is 11.9 Å². The van der Waals surface area contributed by atoms with E-state index < -0.39 is 0 Å². The lowest BCUT2D eigenvalue weighted by Gasteiger charge is -2.13. The van der Waals surface area contributed by atoms with Crippen molar-refractivity contribution in [1.82, 2.24) is 0 Å². The second kappa shape index (κ2) is 2.59. The predicted octanol–water partition coefficient (Wildman–Crippen LogP) is 3.07. The van der Waals surface area contributed by atoms with Gasteiger partial charge in [-0.1, -0.05) is 11.8 Å². The molecule has 1 aromatic rings. The van der Waals surface area contributed by atoms with Gasteiger partial charge in [0.1, 0.15) is 12.5 Å². The highest BCUT2D eigenvalue weighted by molar-refractivity contribution is 8.03. The van der Waals surface area contributed by atoms with Crippen LogP contribution in [0.5, 0.6) is 0 Å². The lowest BCUT2D eigenvalue weighted by Crippen LogP contribution is -2.09. The quantitative estimate of drug-likeness (QED) is 0.612. The molecule has 0 unspecified atom stereocenters. The van der Waals surface area contributed by atoms with Gasteiger partial charge in [-0.3, -0.25) is 0 Å². The van der Waals surface area contributed by atoms with Crippen molar-refractivity contribution in [2.45, 2.75) is 18.7 Å². The van der Waals surface area contributed by atoms with Crippen LogP contribution in [0.25, 0.3) is 0 Å². The zero-order chi connectivity index (χ0) is 8.72. The topological polar surface area (TPSA) is 16.4 Å². The predicted molar refractivity (Wildman–Crippen MR) is 51.3 cm³/mol. The van der Waals surface area contributed by atoms with E-state index in [0.29, 0.717) is 0 Å². The Morgan fingerprint density at radius 2 is 2.17 bits per heavy atom. The maximum Gasteiger partial charge on any atom is 0.115 e. The highest BCUT2D eigenvalue weighted by Crippen LogP contribution is 2.46. The molecule has 64 valence electrons. The number of rotatable bonds is 0. The molecule has 0 aliphatic carbocycles. The van der Waals surface area contributed by atoms with Crippen molar-refractivity contribution < 1.29 is 4.42 Å². The fourth-order valence-corrected chi connectivity index (χ4v) is 2.36. The number of nitrogens with zero attached hydrogens (tertiary/aromatic N) is 1. The lowest BCUT2D eigenvalue weighted by molar-refractivity contribution is 0.561. The molecule has 1 aliphatic heterocycles. The van der Waals surface area contributed by atoms with Crippen LogP contribution in [0, 0.1) is 0 Å². The molecule has 2 heterocycles. The lowest BCUT2D eigenvalue weighted by atomic mass is 10.3. The van der Waals surface area contributed by atoms with Crippen LogP contribution in [0.15, 0.2) is 32.4 Å². The zero-order valence-corrected chi connectivity index (χ0v) is 8.23. The van der Waals surface area contributed by atoms with Crippen LogP contribution in [-0.4, -0.2) is 7.05 Å². The SMILES string of the molecule is CC(C)=C1Sc2cocc2N1C. The minimum Gasteiger partial charge on any atom is -0.469 e. The number of fused-ring (bicyclic) bond motifs is 1. The van der Waals surface area contributed by atoms with E-state index in [-0.39, 0.29) is 0 Å². The first kappa shape index (κ1) is 7.80. The Labute approximate surface area is 76.2 Å². The molecular weight excluding hydrogens is 170 g/mol. The molecule has 0 N–H and O–H groups in total. The zero-order valence-electron chi connectivity index (χ0n) is 7.42. The highest BCUT2D eigenvalue weighted by Gasteiger charge is 2.24. The van der Waals surface area contributed by atoms with Gasteiger partial charge in [-0.25, -0.2) is 0 Å². The first-order valence-electron chi connectivity index (χ1n) is 3.85. The Bertz CT molecular complexity index is 336. The largest absolute Gasteiger partial charge is 0.469 e. The molecule has 0 saturated carbocycles. The molecule has 0 aromatic carbocycles. The van der Waals surface area contributed by atoms with Crippen molar-refractivity contribution in [3.05, 3.63) is 23.1 Å². The Morgan fingerprint density at radius 3 is 2.75 bits per heavy atom. The van der Waals surface area contributed by atoms with E-state index in [2.05, 4.69) is 25.8 Å². The molecule has 2 rings (SSSR count). The first-order valence-corrected chi connectivity index (χ1v) is 4.67. The molecule has 0 amide bonds. The van der Waals surface area contributed by atoms with Gasteiger partial charge in [0.05, 0.1) is 15.6 Å². The number of anilines is 1. The number of allylic oxidation sites excluding steroid dienone is 1. The van der Waals surface area contributed by atoms with E-state index >= 15 is 0 Å². The standard InChI is InChI=1S/C9H11NOS/c1-6(2)9-10(3)7-4-11-5-8(7)12-9/h4-5H,1-3H3. The Hall–Kier alpha value is -0.830. The maximum atomic E-state index is 5.10. The summed E-state index contributed by atoms with van der Waals surface area (Å²) in [6, 6.07) is 0. The van der Waals surface area contributed by atoms with Crippen molar-refractivity contribution >= 4 is 17.4 Å². The van der Waals surface area contributed by atoms with Crippen LogP contribution in [-0.2, 0) is 0 Å². The van der Waals surface area contributed by atoms with E-state index in [1.165, 1.54) is 21.2 Å². The molecule has 1 aliphatic rings. The fraction of sp³-hybridized carbons (Fsp3) is 0.333. The monoisotopic (exact) mass is 181 g/mol. The molecule has 2 nitrogen and oxygen atoms in total. The van der Waals surface area contributed by atoms with Gasteiger partial charge in [-0.15, -0.1) is 0 Å². The molecule has 0 fully saturated rings. The number of hydrogen-bond acceptors (Lipinski definition) is 3. The van der Waals surface area contributed by atoms with E-state index in [9.17, 15) is 0 Å². The van der Waals surface area contributed by atoms with Crippen molar-refractivity contribution in [3.8, 4) is 0 Å². The third kappa shape index (κ3) is 0.966. The molecule has 0 bridgehead atoms. The van der Waals surface area contributed by atoms with E-state index in [1.807, 2.05) is 0 Å². The summed E-state index contributed by atoms with van der Waals surface area (Å²) in [4.78, 5) is 3.38. The summed E-state index contributed by atoms with van der Waals surface area (Å²) in [7, 11) is 2.07. The molecule has 1 aromatic heterocycles. The smallest absolute Gasteiger partial charge is 0.115 e. The third-order valence-corrected chi connectivity index (χ3v) is 3.31. The van der Waals surface area contributed by atoms with Crippen LogP contribution in [0.2, 0.25) is 0 Å². The van der Waals surface area contributed by atoms with Gasteiger partial charge >= 0.3 is 0 Å². The van der Waals surface area contributed by atoms with Gasteiger partial charge < -0.3 is 9.32 Å². The number of hydrogen-bond donors (Lipinski definition) is 0. The van der Waals surface area contributed by atoms with Gasteiger partial charge in [0.25, 0.3) is 0 Å². The summed E-state index contributed by atoms with van der Waals surface area (Å²) < 4.78 is 5.10. The first-order chi connectivity index (χ1) is 5.70. The van der Waals surface area contributed by atoms with Gasteiger partial charge in [0, 0.05) is 7.05 Å². The molecule has 12 heavy (non-hydrogen) atoms. The van der Waals surface area contributed by atoms with Gasteiger partial charge in [0.2, 0.25) is 0 Å². The Kier molecular flexibility index (Phi) is 1.68. The third-order valence-electron chi connectivity index (χ3n) is 1.91. The molecule has 0 atom stereocenters. The van der Waals surface area contributed by atoms with Crippen LogP contribution < -0.4 is 4.90 Å². The minimum atomic E-state index is 1.18. The second-order valence-electron chi connectivity index (χ2n) is 3.09. The fourth-order valence-electron chi connectivity index (χ4n) is 1.32. The average molecular weight is 181 g/mol. The Morgan fingerprint density at radius 1 is 1.42 bits per heavy atom. The maximum absolute atomic E-state index is 5.10. The van der Waals surface area contributed by atoms with E-state index in [0.717, 1.165) is 0 Å². The molecule has 3 heteroatoms. The molecule has 0 radical (unpaired) electrons. The van der Waals surface area contributed by atoms with Crippen molar-refractivity contribution in [2.24, 2.45) is 0 Å². The second-order valence-corrected chi connectivity index (χ2v) is 4.12. The highest BCUT2D eigenvalue weighted by atomic mass is 32.2. The average Bonchev–Trinajstić information content (AvgIpc) is 2.53. The number of thioether (sulfide) groups is 1. The van der Waals surface area contributed by atoms with Gasteiger partial charge in [-0.2, -0.15) is 0 Å². The minimum absolute atomic E-state index is 1.18. The van der Waals surface area contributed by atoms with E-state index in [4.69, 9.17) is 4.42 Å². The van der Waals surface area contributed by atoms with Crippen molar-refractivity contribution in [3.63, 3.8) is 0 Å². The summed E-state index contributed by atoms with van der Waals surface area (Å²) in [6.07, 6.45) is 3.59. The summed E-state index contributed by atoms with van der Waals surface area (Å²) in [5.41, 5.74) is 2.52. The Balaban J connectivity index is 2.46. The van der Waals surface area contributed by atoms with E-state index in [1.54, 1.807) is 24.3 Å². The molecule has 0 spiro atoms. The van der Waals surface area contributed by atoms with Crippen LogP contribution in [0.4, 0.5) is 5.69 Å². The molecular formula is C9H11NOS. The summed E-state index contributed by atoms with van der Waals surface area (Å²) >= 11 is 1.77. The van der Waals surface area contributed by atoms with Crippen LogP contribution in [0.1, 0.15) is 13.8 Å². The normalized spacial score (nSPS) is 15.2. The van der Waals surface area contributed by atoms with Gasteiger partial charge in [-0.05, 0) is 19.4 Å². The van der Waals surface area contributed by atoms with Crippen LogP contribution in [0.3, 0.4) is 0 Å². The number of furan rings is 1.